The maximum atomic E-state index is 11.6. The first-order valence-corrected chi connectivity index (χ1v) is 5.82. The number of ether oxygens (including phenoxy) is 1. The molecule has 1 aliphatic heterocycles. The number of methoxy groups -OCH3 is 1. The van der Waals surface area contributed by atoms with Crippen molar-refractivity contribution in [1.82, 2.24) is 10.2 Å². The maximum absolute atomic E-state index is 11.6. The predicted octanol–water partition coefficient (Wildman–Crippen LogP) is -0.157. The molecule has 1 rings (SSSR count). The molecule has 1 aliphatic rings. The highest BCUT2D eigenvalue weighted by atomic mass is 16.5. The molecular formula is C12H18N2O4. The van der Waals surface area contributed by atoms with Crippen molar-refractivity contribution in [3.05, 3.63) is 11.6 Å². The molecule has 18 heavy (non-hydrogen) atoms. The number of hydrogen-bond donors (Lipinski definition) is 1. The third-order valence-electron chi connectivity index (χ3n) is 2.88. The van der Waals surface area contributed by atoms with Crippen LogP contribution in [-0.2, 0) is 19.1 Å². The molecule has 0 aromatic rings. The molecule has 1 saturated heterocycles. The normalized spacial score (nSPS) is 21.7. The van der Waals surface area contributed by atoms with E-state index in [1.54, 1.807) is 17.9 Å². The highest BCUT2D eigenvalue weighted by Gasteiger charge is 2.31. The maximum Gasteiger partial charge on any atom is 0.333 e. The molecule has 6 heteroatoms. The Hall–Kier alpha value is -1.69. The largest absolute Gasteiger partial charge is 0.466 e. The number of amides is 2. The van der Waals surface area contributed by atoms with Crippen molar-refractivity contribution >= 4 is 17.8 Å². The summed E-state index contributed by atoms with van der Waals surface area (Å²) in [6.07, 6.45) is 2.28. The number of hydrogen-bond acceptors (Lipinski definition) is 5. The van der Waals surface area contributed by atoms with Gasteiger partial charge in [-0.1, -0.05) is 13.0 Å². The first kappa shape index (κ1) is 14.4. The third-order valence-corrected chi connectivity index (χ3v) is 2.88. The van der Waals surface area contributed by atoms with Crippen LogP contribution in [-0.4, -0.2) is 48.9 Å². The van der Waals surface area contributed by atoms with Gasteiger partial charge in [0, 0.05) is 12.1 Å². The van der Waals surface area contributed by atoms with Crippen LogP contribution in [0.2, 0.25) is 0 Å². The van der Waals surface area contributed by atoms with Gasteiger partial charge in [0.15, 0.2) is 0 Å². The van der Waals surface area contributed by atoms with E-state index in [2.05, 4.69) is 10.1 Å². The second-order valence-corrected chi connectivity index (χ2v) is 4.14. The van der Waals surface area contributed by atoms with E-state index in [-0.39, 0.29) is 24.4 Å². The summed E-state index contributed by atoms with van der Waals surface area (Å²) >= 11 is 0. The molecule has 0 aromatic heterocycles. The van der Waals surface area contributed by atoms with Crippen LogP contribution in [0.5, 0.6) is 0 Å². The number of nitrogens with zero attached hydrogens (tertiary/aromatic N) is 1. The molecule has 6 nitrogen and oxygen atoms in total. The minimum Gasteiger partial charge on any atom is -0.466 e. The van der Waals surface area contributed by atoms with E-state index in [4.69, 9.17) is 0 Å². The summed E-state index contributed by atoms with van der Waals surface area (Å²) in [7, 11) is 1.31. The third kappa shape index (κ3) is 3.40. The lowest BCUT2D eigenvalue weighted by Crippen LogP contribution is -2.57. The van der Waals surface area contributed by atoms with Gasteiger partial charge in [0.25, 0.3) is 0 Å². The van der Waals surface area contributed by atoms with Crippen molar-refractivity contribution < 1.29 is 19.1 Å². The van der Waals surface area contributed by atoms with Crippen molar-refractivity contribution in [2.24, 2.45) is 0 Å². The Balaban J connectivity index is 2.71. The molecule has 2 amide bonds. The molecule has 1 heterocycles. The number of nitrogens with one attached hydrogen (secondary N) is 1. The number of carbonyl (C=O) groups excluding carboxylic acids is 3. The second kappa shape index (κ2) is 6.30. The van der Waals surface area contributed by atoms with Gasteiger partial charge >= 0.3 is 5.97 Å². The molecule has 1 N–H and O–H groups in total. The average molecular weight is 254 g/mol. The second-order valence-electron chi connectivity index (χ2n) is 4.14. The van der Waals surface area contributed by atoms with Crippen LogP contribution in [0, 0.1) is 0 Å². The summed E-state index contributed by atoms with van der Waals surface area (Å²) in [5.74, 6) is -0.998. The quantitative estimate of drug-likeness (QED) is 0.429. The number of esters is 1. The summed E-state index contributed by atoms with van der Waals surface area (Å²) < 4.78 is 4.58. The molecule has 0 aliphatic carbocycles. The Morgan fingerprint density at radius 1 is 1.56 bits per heavy atom. The van der Waals surface area contributed by atoms with Gasteiger partial charge in [-0.05, 0) is 13.3 Å². The zero-order chi connectivity index (χ0) is 13.7. The smallest absolute Gasteiger partial charge is 0.333 e. The first-order chi connectivity index (χ1) is 8.49. The van der Waals surface area contributed by atoms with E-state index in [1.165, 1.54) is 7.11 Å². The Bertz CT molecular complexity index is 390. The summed E-state index contributed by atoms with van der Waals surface area (Å²) in [6.45, 7) is 4.05. The van der Waals surface area contributed by atoms with Crippen LogP contribution in [0.4, 0.5) is 0 Å². The van der Waals surface area contributed by atoms with Gasteiger partial charge in [-0.2, -0.15) is 0 Å². The zero-order valence-electron chi connectivity index (χ0n) is 10.9. The Labute approximate surface area is 106 Å². The van der Waals surface area contributed by atoms with Gasteiger partial charge in [0.2, 0.25) is 11.8 Å². The summed E-state index contributed by atoms with van der Waals surface area (Å²) in [4.78, 5) is 35.8. The summed E-state index contributed by atoms with van der Waals surface area (Å²) in [6, 6.07) is -0.329. The van der Waals surface area contributed by atoms with E-state index >= 15 is 0 Å². The molecule has 0 saturated carbocycles. The fourth-order valence-corrected chi connectivity index (χ4v) is 1.85. The van der Waals surface area contributed by atoms with Gasteiger partial charge in [-0.15, -0.1) is 0 Å². The molecule has 0 aromatic carbocycles. The van der Waals surface area contributed by atoms with Crippen LogP contribution in [0.15, 0.2) is 11.6 Å². The van der Waals surface area contributed by atoms with E-state index < -0.39 is 5.97 Å². The highest BCUT2D eigenvalue weighted by Crippen LogP contribution is 2.09. The van der Waals surface area contributed by atoms with Gasteiger partial charge < -0.3 is 4.74 Å². The fourth-order valence-electron chi connectivity index (χ4n) is 1.85. The highest BCUT2D eigenvalue weighted by molar-refractivity contribution is 6.01. The molecule has 1 atom stereocenters. The van der Waals surface area contributed by atoms with Gasteiger partial charge in [0.05, 0.1) is 19.7 Å². The van der Waals surface area contributed by atoms with E-state index in [9.17, 15) is 14.4 Å². The van der Waals surface area contributed by atoms with E-state index in [1.807, 2.05) is 6.92 Å². The number of imide groups is 1. The van der Waals surface area contributed by atoms with Gasteiger partial charge in [-0.3, -0.25) is 19.8 Å². The first-order valence-electron chi connectivity index (χ1n) is 5.82. The van der Waals surface area contributed by atoms with Crippen molar-refractivity contribution in [3.63, 3.8) is 0 Å². The molecule has 1 unspecified atom stereocenters. The van der Waals surface area contributed by atoms with Gasteiger partial charge in [-0.25, -0.2) is 4.79 Å². The monoisotopic (exact) mass is 254 g/mol. The summed E-state index contributed by atoms with van der Waals surface area (Å²) in [5, 5.41) is 2.30. The molecule has 0 spiro atoms. The lowest BCUT2D eigenvalue weighted by Gasteiger charge is -2.32. The zero-order valence-corrected chi connectivity index (χ0v) is 10.9. The minimum absolute atomic E-state index is 0.162. The van der Waals surface area contributed by atoms with Crippen LogP contribution >= 0.6 is 0 Å². The van der Waals surface area contributed by atoms with Crippen molar-refractivity contribution in [3.8, 4) is 0 Å². The number of piperazine rings is 1. The predicted molar refractivity (Wildman–Crippen MR) is 64.6 cm³/mol. The average Bonchev–Trinajstić information content (AvgIpc) is 2.34. The van der Waals surface area contributed by atoms with Crippen molar-refractivity contribution in [2.75, 3.05) is 20.2 Å². The van der Waals surface area contributed by atoms with Crippen molar-refractivity contribution in [1.29, 1.82) is 0 Å². The lowest BCUT2D eigenvalue weighted by atomic mass is 10.1. The minimum atomic E-state index is -0.407. The molecule has 0 radical (unpaired) electrons. The standard InChI is InChI=1S/C12H18N2O4/c1-4-9-11(16)13-10(15)7-14(9)6-5-8(2)12(17)18-3/h5,9H,4,6-7H2,1-3H3,(H,13,15,16). The molecule has 100 valence electrons. The van der Waals surface area contributed by atoms with Crippen LogP contribution in [0.1, 0.15) is 20.3 Å². The van der Waals surface area contributed by atoms with E-state index in [0.717, 1.165) is 0 Å². The lowest BCUT2D eigenvalue weighted by molar-refractivity contribution is -0.139. The molecule has 1 fully saturated rings. The Morgan fingerprint density at radius 3 is 2.78 bits per heavy atom. The molecule has 0 bridgehead atoms. The van der Waals surface area contributed by atoms with Crippen LogP contribution in [0.3, 0.4) is 0 Å². The van der Waals surface area contributed by atoms with Gasteiger partial charge in [0.1, 0.15) is 0 Å². The van der Waals surface area contributed by atoms with Crippen LogP contribution in [0.25, 0.3) is 0 Å². The Kier molecular flexibility index (Phi) is 5.03. The van der Waals surface area contributed by atoms with Crippen LogP contribution < -0.4 is 5.32 Å². The number of carbonyl (C=O) groups is 3. The van der Waals surface area contributed by atoms with Crippen molar-refractivity contribution in [2.45, 2.75) is 26.3 Å². The summed E-state index contributed by atoms with van der Waals surface area (Å²) in [5.41, 5.74) is 0.464. The molecular weight excluding hydrogens is 236 g/mol. The Morgan fingerprint density at radius 2 is 2.22 bits per heavy atom. The fraction of sp³-hybridized carbons (Fsp3) is 0.583. The topological polar surface area (TPSA) is 75.7 Å². The SMILES string of the molecule is CCC1C(=O)NC(=O)CN1CC=C(C)C(=O)OC. The van der Waals surface area contributed by atoms with E-state index in [0.29, 0.717) is 18.5 Å². The number of rotatable bonds is 4.